The van der Waals surface area contributed by atoms with Crippen LogP contribution in [0.2, 0.25) is 0 Å². The Balaban J connectivity index is 1.83. The predicted molar refractivity (Wildman–Crippen MR) is 88.6 cm³/mol. The van der Waals surface area contributed by atoms with Gasteiger partial charge in [-0.2, -0.15) is 0 Å². The molecule has 2 atom stereocenters. The van der Waals surface area contributed by atoms with E-state index in [-0.39, 0.29) is 18.0 Å². The molecule has 2 aromatic rings. The number of benzene rings is 1. The highest BCUT2D eigenvalue weighted by atomic mass is 79.9. The van der Waals surface area contributed by atoms with Crippen molar-refractivity contribution >= 4 is 21.8 Å². The number of halogens is 1. The topological polar surface area (TPSA) is 46.3 Å². The van der Waals surface area contributed by atoms with Crippen molar-refractivity contribution in [2.45, 2.75) is 45.2 Å². The molecule has 0 radical (unpaired) electrons. The number of carbonyl (C=O) groups excluding carboxylic acids is 1. The Bertz CT molecular complexity index is 656. The second-order valence-corrected chi connectivity index (χ2v) is 6.84. The van der Waals surface area contributed by atoms with Gasteiger partial charge >= 0.3 is 0 Å². The molecule has 1 saturated heterocycles. The molecule has 1 aliphatic heterocycles. The number of aromatic nitrogens is 1. The molecule has 0 unspecified atom stereocenters. The van der Waals surface area contributed by atoms with E-state index in [9.17, 15) is 4.79 Å². The van der Waals surface area contributed by atoms with Gasteiger partial charge in [-0.1, -0.05) is 33.2 Å². The summed E-state index contributed by atoms with van der Waals surface area (Å²) in [6.45, 7) is 4.20. The summed E-state index contributed by atoms with van der Waals surface area (Å²) in [7, 11) is 0. The minimum atomic E-state index is -0.0354. The highest BCUT2D eigenvalue weighted by Crippen LogP contribution is 2.27. The third-order valence-electron chi connectivity index (χ3n) is 4.29. The smallest absolute Gasteiger partial charge is 0.276 e. The Kier molecular flexibility index (Phi) is 4.34. The maximum absolute atomic E-state index is 12.7. The Morgan fingerprint density at radius 3 is 2.50 bits per heavy atom. The van der Waals surface area contributed by atoms with E-state index in [4.69, 9.17) is 4.52 Å². The monoisotopic (exact) mass is 362 g/mol. The summed E-state index contributed by atoms with van der Waals surface area (Å²) in [6.07, 6.45) is 3.27. The molecule has 0 N–H and O–H groups in total. The van der Waals surface area contributed by atoms with Crippen molar-refractivity contribution in [1.82, 2.24) is 10.1 Å². The van der Waals surface area contributed by atoms with Crippen LogP contribution in [-0.4, -0.2) is 28.0 Å². The molecule has 2 heterocycles. The molecule has 3 rings (SSSR count). The minimum absolute atomic E-state index is 0.0354. The average Bonchev–Trinajstić information content (AvgIpc) is 2.97. The van der Waals surface area contributed by atoms with Gasteiger partial charge in [0.15, 0.2) is 11.5 Å². The van der Waals surface area contributed by atoms with Crippen LogP contribution >= 0.6 is 15.9 Å². The van der Waals surface area contributed by atoms with Crippen molar-refractivity contribution in [3.05, 3.63) is 40.5 Å². The molecule has 22 heavy (non-hydrogen) atoms. The van der Waals surface area contributed by atoms with Crippen LogP contribution in [0.25, 0.3) is 11.3 Å². The first-order valence-electron chi connectivity index (χ1n) is 7.61. The molecule has 0 aliphatic carbocycles. The Labute approximate surface area is 138 Å². The molecule has 0 saturated carbocycles. The van der Waals surface area contributed by atoms with E-state index in [1.807, 2.05) is 29.2 Å². The lowest BCUT2D eigenvalue weighted by atomic mass is 9.97. The Morgan fingerprint density at radius 2 is 1.86 bits per heavy atom. The Hall–Kier alpha value is -1.62. The molecule has 1 fully saturated rings. The zero-order chi connectivity index (χ0) is 15.7. The summed E-state index contributed by atoms with van der Waals surface area (Å²) in [4.78, 5) is 14.7. The van der Waals surface area contributed by atoms with Crippen LogP contribution in [0.3, 0.4) is 0 Å². The van der Waals surface area contributed by atoms with Crippen LogP contribution in [0.5, 0.6) is 0 Å². The summed E-state index contributed by atoms with van der Waals surface area (Å²) in [5.74, 6) is 0.583. The fourth-order valence-electron chi connectivity index (χ4n) is 3.08. The first-order chi connectivity index (χ1) is 10.6. The van der Waals surface area contributed by atoms with E-state index in [1.54, 1.807) is 6.07 Å². The first kappa shape index (κ1) is 15.3. The van der Waals surface area contributed by atoms with Gasteiger partial charge in [0.1, 0.15) is 0 Å². The van der Waals surface area contributed by atoms with Crippen molar-refractivity contribution < 1.29 is 9.32 Å². The van der Waals surface area contributed by atoms with E-state index in [1.165, 1.54) is 6.42 Å². The van der Waals surface area contributed by atoms with Gasteiger partial charge in [-0.15, -0.1) is 0 Å². The fourth-order valence-corrected chi connectivity index (χ4v) is 3.34. The van der Waals surface area contributed by atoms with Crippen LogP contribution in [0.4, 0.5) is 0 Å². The number of carbonyl (C=O) groups is 1. The summed E-state index contributed by atoms with van der Waals surface area (Å²) < 4.78 is 6.36. The van der Waals surface area contributed by atoms with Crippen molar-refractivity contribution in [2.24, 2.45) is 0 Å². The van der Waals surface area contributed by atoms with Gasteiger partial charge in [0.05, 0.1) is 0 Å². The number of hydrogen-bond acceptors (Lipinski definition) is 3. The molecule has 1 aromatic heterocycles. The summed E-state index contributed by atoms with van der Waals surface area (Å²) in [5.41, 5.74) is 1.30. The summed E-state index contributed by atoms with van der Waals surface area (Å²) >= 11 is 3.40. The fraction of sp³-hybridized carbons (Fsp3) is 0.412. The van der Waals surface area contributed by atoms with Crippen LogP contribution in [0.15, 0.2) is 39.3 Å². The van der Waals surface area contributed by atoms with E-state index in [2.05, 4.69) is 34.9 Å². The second-order valence-electron chi connectivity index (χ2n) is 5.92. The van der Waals surface area contributed by atoms with Crippen molar-refractivity contribution in [3.8, 4) is 11.3 Å². The van der Waals surface area contributed by atoms with E-state index >= 15 is 0 Å². The number of nitrogens with zero attached hydrogens (tertiary/aromatic N) is 2. The lowest BCUT2D eigenvalue weighted by Gasteiger charge is -2.38. The summed E-state index contributed by atoms with van der Waals surface area (Å²) in [5, 5.41) is 3.98. The molecule has 1 aliphatic rings. The summed E-state index contributed by atoms with van der Waals surface area (Å²) in [6, 6.07) is 9.99. The molecule has 1 aromatic carbocycles. The van der Waals surface area contributed by atoms with Crippen molar-refractivity contribution in [3.63, 3.8) is 0 Å². The van der Waals surface area contributed by atoms with Gasteiger partial charge in [0.2, 0.25) is 0 Å². The molecule has 1 amide bonds. The van der Waals surface area contributed by atoms with Crippen molar-refractivity contribution in [2.75, 3.05) is 0 Å². The molecule has 4 nitrogen and oxygen atoms in total. The second kappa shape index (κ2) is 6.24. The number of hydrogen-bond donors (Lipinski definition) is 0. The van der Waals surface area contributed by atoms with E-state index in [0.717, 1.165) is 22.9 Å². The van der Waals surface area contributed by atoms with Crippen molar-refractivity contribution in [1.29, 1.82) is 0 Å². The minimum Gasteiger partial charge on any atom is -0.355 e. The average molecular weight is 363 g/mol. The highest BCUT2D eigenvalue weighted by molar-refractivity contribution is 9.10. The van der Waals surface area contributed by atoms with Crippen LogP contribution in [0, 0.1) is 0 Å². The number of piperidine rings is 1. The van der Waals surface area contributed by atoms with Gasteiger partial charge in [0, 0.05) is 28.2 Å². The molecule has 0 bridgehead atoms. The maximum Gasteiger partial charge on any atom is 0.276 e. The third kappa shape index (κ3) is 2.95. The third-order valence-corrected chi connectivity index (χ3v) is 4.81. The number of likely N-dealkylation sites (tertiary alicyclic amines) is 1. The van der Waals surface area contributed by atoms with Gasteiger partial charge in [-0.05, 0) is 45.2 Å². The van der Waals surface area contributed by atoms with Crippen LogP contribution in [0.1, 0.15) is 43.6 Å². The van der Waals surface area contributed by atoms with Gasteiger partial charge < -0.3 is 9.42 Å². The molecule has 5 heteroatoms. The van der Waals surface area contributed by atoms with Gasteiger partial charge in [-0.25, -0.2) is 0 Å². The maximum atomic E-state index is 12.7. The van der Waals surface area contributed by atoms with Crippen LogP contribution < -0.4 is 0 Å². The zero-order valence-corrected chi connectivity index (χ0v) is 14.3. The lowest BCUT2D eigenvalue weighted by molar-refractivity contribution is 0.0500. The standard InChI is InChI=1S/C17H19BrN2O2/c1-11-4-3-5-12(2)20(11)17(21)15-10-16(22-19-15)13-6-8-14(18)9-7-13/h6-12H,3-5H2,1-2H3/t11-,12+. The SMILES string of the molecule is C[C@@H]1CCC[C@H](C)N1C(=O)c1cc(-c2ccc(Br)cc2)on1. The molecule has 116 valence electrons. The molecular formula is C17H19BrN2O2. The van der Waals surface area contributed by atoms with E-state index in [0.29, 0.717) is 11.5 Å². The zero-order valence-electron chi connectivity index (χ0n) is 12.8. The quantitative estimate of drug-likeness (QED) is 0.789. The largest absolute Gasteiger partial charge is 0.355 e. The van der Waals surface area contributed by atoms with Crippen LogP contribution in [-0.2, 0) is 0 Å². The first-order valence-corrected chi connectivity index (χ1v) is 8.41. The van der Waals surface area contributed by atoms with Gasteiger partial charge in [0.25, 0.3) is 5.91 Å². The number of amides is 1. The van der Waals surface area contributed by atoms with Gasteiger partial charge in [-0.3, -0.25) is 4.79 Å². The predicted octanol–water partition coefficient (Wildman–Crippen LogP) is 4.51. The molecular weight excluding hydrogens is 344 g/mol. The lowest BCUT2D eigenvalue weighted by Crippen LogP contribution is -2.47. The highest BCUT2D eigenvalue weighted by Gasteiger charge is 2.31. The normalized spacial score (nSPS) is 21.9. The number of rotatable bonds is 2. The Morgan fingerprint density at radius 1 is 1.23 bits per heavy atom. The molecule has 0 spiro atoms. The van der Waals surface area contributed by atoms with E-state index < -0.39 is 0 Å².